The van der Waals surface area contributed by atoms with Crippen molar-refractivity contribution >= 4 is 0 Å². The molecule has 3 unspecified atom stereocenters. The van der Waals surface area contributed by atoms with Gasteiger partial charge in [-0.25, -0.2) is 0 Å². The topological polar surface area (TPSA) is 0 Å². The van der Waals surface area contributed by atoms with Crippen LogP contribution in [0, 0.1) is 23.7 Å². The molecule has 2 rings (SSSR count). The Hall–Kier alpha value is -0.260. The van der Waals surface area contributed by atoms with E-state index in [1.165, 1.54) is 38.5 Å². The molecule has 2 aliphatic rings. The van der Waals surface area contributed by atoms with Crippen LogP contribution in [0.3, 0.4) is 0 Å². The minimum atomic E-state index is 0.887. The van der Waals surface area contributed by atoms with E-state index in [9.17, 15) is 0 Å². The average Bonchev–Trinajstić information content (AvgIpc) is 2.89. The Morgan fingerprint density at radius 3 is 2.79 bits per heavy atom. The van der Waals surface area contributed by atoms with Crippen molar-refractivity contribution in [3.05, 3.63) is 12.2 Å². The molecule has 0 heteroatoms. The number of fused-ring (bicyclic) bond motifs is 1. The maximum absolute atomic E-state index is 2.49. The van der Waals surface area contributed by atoms with Crippen molar-refractivity contribution in [3.8, 4) is 0 Å². The smallest absolute Gasteiger partial charge is 0.0202 e. The summed E-state index contributed by atoms with van der Waals surface area (Å²) in [4.78, 5) is 0. The molecule has 0 saturated heterocycles. The molecule has 0 N–H and O–H groups in total. The van der Waals surface area contributed by atoms with Crippen LogP contribution in [-0.2, 0) is 0 Å². The molecule has 0 radical (unpaired) electrons. The lowest BCUT2D eigenvalue weighted by Gasteiger charge is -2.20. The molecule has 0 heterocycles. The minimum Gasteiger partial charge on any atom is -0.0882 e. The van der Waals surface area contributed by atoms with Gasteiger partial charge in [0, 0.05) is 0 Å². The second-order valence-corrected chi connectivity index (χ2v) is 5.60. The van der Waals surface area contributed by atoms with Crippen LogP contribution in [0.1, 0.15) is 52.4 Å². The van der Waals surface area contributed by atoms with E-state index in [1.54, 1.807) is 0 Å². The first kappa shape index (κ1) is 10.3. The fourth-order valence-electron chi connectivity index (χ4n) is 2.87. The van der Waals surface area contributed by atoms with Crippen molar-refractivity contribution in [1.29, 1.82) is 0 Å². The molecule has 0 spiro atoms. The van der Waals surface area contributed by atoms with Crippen LogP contribution in [0.25, 0.3) is 0 Å². The summed E-state index contributed by atoms with van der Waals surface area (Å²) in [6, 6.07) is 0. The average molecular weight is 192 g/mol. The Morgan fingerprint density at radius 1 is 1.14 bits per heavy atom. The van der Waals surface area contributed by atoms with Gasteiger partial charge in [-0.15, -0.1) is 0 Å². The fourth-order valence-corrected chi connectivity index (χ4v) is 2.87. The summed E-state index contributed by atoms with van der Waals surface area (Å²) >= 11 is 0. The molecule has 80 valence electrons. The summed E-state index contributed by atoms with van der Waals surface area (Å²) in [5, 5.41) is 0. The van der Waals surface area contributed by atoms with Gasteiger partial charge in [-0.05, 0) is 49.4 Å². The Balaban J connectivity index is 1.87. The van der Waals surface area contributed by atoms with Gasteiger partial charge in [0.15, 0.2) is 0 Å². The molecule has 0 aromatic heterocycles. The summed E-state index contributed by atoms with van der Waals surface area (Å²) in [7, 11) is 0. The second-order valence-electron chi connectivity index (χ2n) is 5.60. The lowest BCUT2D eigenvalue weighted by molar-refractivity contribution is 0.323. The van der Waals surface area contributed by atoms with E-state index in [0.717, 1.165) is 23.7 Å². The molecule has 0 nitrogen and oxygen atoms in total. The molecule has 0 bridgehead atoms. The first-order chi connectivity index (χ1) is 6.77. The van der Waals surface area contributed by atoms with Gasteiger partial charge in [0.2, 0.25) is 0 Å². The molecule has 1 fully saturated rings. The molecular formula is C14H24. The number of hydrogen-bond donors (Lipinski definition) is 0. The third-order valence-corrected chi connectivity index (χ3v) is 4.16. The lowest BCUT2D eigenvalue weighted by atomic mass is 9.86. The molecule has 14 heavy (non-hydrogen) atoms. The quantitative estimate of drug-likeness (QED) is 0.540. The summed E-state index contributed by atoms with van der Waals surface area (Å²) in [5.41, 5.74) is 0. The molecule has 3 atom stereocenters. The van der Waals surface area contributed by atoms with E-state index >= 15 is 0 Å². The zero-order chi connectivity index (χ0) is 9.97. The van der Waals surface area contributed by atoms with Gasteiger partial charge in [0.25, 0.3) is 0 Å². The highest BCUT2D eigenvalue weighted by Gasteiger charge is 2.34. The highest BCUT2D eigenvalue weighted by atomic mass is 14.4. The van der Waals surface area contributed by atoms with Crippen molar-refractivity contribution in [2.24, 2.45) is 23.7 Å². The molecule has 0 aliphatic heterocycles. The van der Waals surface area contributed by atoms with Crippen LogP contribution < -0.4 is 0 Å². The largest absolute Gasteiger partial charge is 0.0882 e. The van der Waals surface area contributed by atoms with Gasteiger partial charge in [0.1, 0.15) is 0 Å². The fraction of sp³-hybridized carbons (Fsp3) is 0.857. The monoisotopic (exact) mass is 192 g/mol. The van der Waals surface area contributed by atoms with Crippen molar-refractivity contribution in [2.75, 3.05) is 0 Å². The minimum absolute atomic E-state index is 0.887. The van der Waals surface area contributed by atoms with Gasteiger partial charge in [0.05, 0.1) is 0 Å². The van der Waals surface area contributed by atoms with Crippen LogP contribution in [0.2, 0.25) is 0 Å². The first-order valence-electron chi connectivity index (χ1n) is 6.44. The SMILES string of the molecule is CC(C)C1CC/C=C/C2CC2CCC1. The zero-order valence-electron chi connectivity index (χ0n) is 9.71. The van der Waals surface area contributed by atoms with Crippen LogP contribution in [0.5, 0.6) is 0 Å². The predicted molar refractivity (Wildman–Crippen MR) is 62.2 cm³/mol. The van der Waals surface area contributed by atoms with E-state index in [4.69, 9.17) is 0 Å². The normalized spacial score (nSPS) is 40.4. The third kappa shape index (κ3) is 2.62. The van der Waals surface area contributed by atoms with E-state index < -0.39 is 0 Å². The van der Waals surface area contributed by atoms with Gasteiger partial charge >= 0.3 is 0 Å². The third-order valence-electron chi connectivity index (χ3n) is 4.16. The molecule has 1 saturated carbocycles. The molecule has 0 aromatic carbocycles. The van der Waals surface area contributed by atoms with Crippen LogP contribution >= 0.6 is 0 Å². The van der Waals surface area contributed by atoms with Crippen molar-refractivity contribution < 1.29 is 0 Å². The van der Waals surface area contributed by atoms with Gasteiger partial charge in [-0.1, -0.05) is 38.8 Å². The van der Waals surface area contributed by atoms with E-state index in [1.807, 2.05) is 0 Å². The second kappa shape index (κ2) is 4.51. The van der Waals surface area contributed by atoms with E-state index in [0.29, 0.717) is 0 Å². The Labute approximate surface area is 88.8 Å². The van der Waals surface area contributed by atoms with Gasteiger partial charge in [-0.3, -0.25) is 0 Å². The standard InChI is InChI=1S/C14H24/c1-11(2)12-6-3-4-7-13-10-14(13)9-5-8-12/h4,7,11-14H,3,5-6,8-10H2,1-2H3/b7-4+. The zero-order valence-corrected chi connectivity index (χ0v) is 9.71. The van der Waals surface area contributed by atoms with Crippen LogP contribution in [-0.4, -0.2) is 0 Å². The van der Waals surface area contributed by atoms with Crippen LogP contribution in [0.15, 0.2) is 12.2 Å². The van der Waals surface area contributed by atoms with E-state index in [-0.39, 0.29) is 0 Å². The Kier molecular flexibility index (Phi) is 3.30. The number of hydrogen-bond acceptors (Lipinski definition) is 0. The van der Waals surface area contributed by atoms with Gasteiger partial charge < -0.3 is 0 Å². The summed E-state index contributed by atoms with van der Waals surface area (Å²) in [5.74, 6) is 3.91. The first-order valence-corrected chi connectivity index (χ1v) is 6.44. The van der Waals surface area contributed by atoms with E-state index in [2.05, 4.69) is 26.0 Å². The van der Waals surface area contributed by atoms with Gasteiger partial charge in [-0.2, -0.15) is 0 Å². The summed E-state index contributed by atoms with van der Waals surface area (Å²) < 4.78 is 0. The van der Waals surface area contributed by atoms with Crippen molar-refractivity contribution in [3.63, 3.8) is 0 Å². The highest BCUT2D eigenvalue weighted by molar-refractivity contribution is 5.02. The molecule has 0 amide bonds. The number of rotatable bonds is 1. The molecular weight excluding hydrogens is 168 g/mol. The Bertz CT molecular complexity index is 202. The number of allylic oxidation sites excluding steroid dienone is 2. The maximum Gasteiger partial charge on any atom is -0.0202 e. The van der Waals surface area contributed by atoms with Crippen molar-refractivity contribution in [2.45, 2.75) is 52.4 Å². The molecule has 2 aliphatic carbocycles. The van der Waals surface area contributed by atoms with Crippen molar-refractivity contribution in [1.82, 2.24) is 0 Å². The Morgan fingerprint density at radius 2 is 2.00 bits per heavy atom. The maximum atomic E-state index is 2.49. The summed E-state index contributed by atoms with van der Waals surface area (Å²) in [6.07, 6.45) is 13.6. The van der Waals surface area contributed by atoms with Crippen LogP contribution in [0.4, 0.5) is 0 Å². The predicted octanol–water partition coefficient (Wildman–Crippen LogP) is 4.42. The lowest BCUT2D eigenvalue weighted by Crippen LogP contribution is -2.09. The highest BCUT2D eigenvalue weighted by Crippen LogP contribution is 2.44. The molecule has 0 aromatic rings. The summed E-state index contributed by atoms with van der Waals surface area (Å²) in [6.45, 7) is 4.78.